The Balaban J connectivity index is 1.56. The van der Waals surface area contributed by atoms with E-state index in [0.29, 0.717) is 25.1 Å². The Bertz CT molecular complexity index is 846. The number of amides is 1. The molecule has 0 N–H and O–H groups in total. The first-order valence-corrected chi connectivity index (χ1v) is 11.5. The molecule has 158 valence electrons. The summed E-state index contributed by atoms with van der Waals surface area (Å²) in [5, 5.41) is 9.70. The first-order chi connectivity index (χ1) is 14.7. The monoisotopic (exact) mass is 443 g/mol. The smallest absolute Gasteiger partial charge is 0.253 e. The van der Waals surface area contributed by atoms with E-state index in [0.717, 1.165) is 54.1 Å². The van der Waals surface area contributed by atoms with Crippen molar-refractivity contribution in [1.29, 1.82) is 5.26 Å². The molecule has 1 saturated heterocycles. The number of ether oxygens (including phenoxy) is 1. The Kier molecular flexibility index (Phi) is 9.03. The Morgan fingerprint density at radius 2 is 1.80 bits per heavy atom. The second-order valence-corrected chi connectivity index (χ2v) is 8.58. The Morgan fingerprint density at radius 3 is 2.47 bits per heavy atom. The highest BCUT2D eigenvalue weighted by Gasteiger charge is 2.18. The molecule has 5 nitrogen and oxygen atoms in total. The molecule has 0 unspecified atom stereocenters. The van der Waals surface area contributed by atoms with Crippen LogP contribution in [0.1, 0.15) is 22.3 Å². The van der Waals surface area contributed by atoms with Gasteiger partial charge >= 0.3 is 0 Å². The number of thioether (sulfide) groups is 1. The predicted octanol–water partition coefficient (Wildman–Crippen LogP) is 4.32. The van der Waals surface area contributed by atoms with Gasteiger partial charge in [-0.15, -0.1) is 11.8 Å². The van der Waals surface area contributed by atoms with Crippen LogP contribution in [0, 0.1) is 11.3 Å². The second kappa shape index (κ2) is 12.0. The van der Waals surface area contributed by atoms with E-state index in [-0.39, 0.29) is 5.91 Å². The fourth-order valence-electron chi connectivity index (χ4n) is 3.21. The third kappa shape index (κ3) is 7.03. The van der Waals surface area contributed by atoms with Crippen molar-refractivity contribution in [3.63, 3.8) is 0 Å². The van der Waals surface area contributed by atoms with Crippen molar-refractivity contribution in [3.8, 4) is 6.07 Å². The van der Waals surface area contributed by atoms with Crippen LogP contribution in [0.25, 0.3) is 0 Å². The lowest BCUT2D eigenvalue weighted by molar-refractivity contribution is 0.0326. The predicted molar refractivity (Wildman–Crippen MR) is 121 cm³/mol. The summed E-state index contributed by atoms with van der Waals surface area (Å²) in [6.07, 6.45) is 0.338. The molecule has 0 atom stereocenters. The minimum atomic E-state index is -0.0181. The second-order valence-electron chi connectivity index (χ2n) is 7.09. The molecule has 7 heteroatoms. The van der Waals surface area contributed by atoms with Crippen LogP contribution in [0.4, 0.5) is 0 Å². The molecule has 1 amide bonds. The number of halogens is 1. The molecule has 1 aliphatic rings. The third-order valence-electron chi connectivity index (χ3n) is 4.99. The SMILES string of the molecule is N#CCCN(CCN1CCOCC1)C(=O)c1ccc(CSc2ccc(Cl)cc2)cc1. The number of carbonyl (C=O) groups excluding carboxylic acids is 1. The summed E-state index contributed by atoms with van der Waals surface area (Å²) in [6, 6.07) is 17.7. The normalized spacial score (nSPS) is 14.3. The van der Waals surface area contributed by atoms with Crippen LogP contribution in [-0.4, -0.2) is 61.6 Å². The molecule has 0 radical (unpaired) electrons. The lowest BCUT2D eigenvalue weighted by Crippen LogP contribution is -2.43. The van der Waals surface area contributed by atoms with Gasteiger partial charge in [0.2, 0.25) is 0 Å². The molecule has 3 rings (SSSR count). The van der Waals surface area contributed by atoms with Crippen LogP contribution in [0.15, 0.2) is 53.4 Å². The Hall–Kier alpha value is -2.04. The minimum Gasteiger partial charge on any atom is -0.379 e. The Labute approximate surface area is 187 Å². The van der Waals surface area contributed by atoms with Crippen molar-refractivity contribution in [1.82, 2.24) is 9.80 Å². The zero-order valence-electron chi connectivity index (χ0n) is 16.9. The molecule has 0 aromatic heterocycles. The van der Waals surface area contributed by atoms with E-state index in [1.165, 1.54) is 0 Å². The highest BCUT2D eigenvalue weighted by Crippen LogP contribution is 2.24. The van der Waals surface area contributed by atoms with Gasteiger partial charge in [-0.2, -0.15) is 5.26 Å². The van der Waals surface area contributed by atoms with Crippen LogP contribution >= 0.6 is 23.4 Å². The molecule has 0 spiro atoms. The van der Waals surface area contributed by atoms with Gasteiger partial charge in [0.15, 0.2) is 0 Å². The number of hydrogen-bond acceptors (Lipinski definition) is 5. The average Bonchev–Trinajstić information content (AvgIpc) is 2.79. The van der Waals surface area contributed by atoms with Crippen LogP contribution in [0.5, 0.6) is 0 Å². The maximum absolute atomic E-state index is 13.0. The lowest BCUT2D eigenvalue weighted by atomic mass is 10.1. The first kappa shape index (κ1) is 22.6. The highest BCUT2D eigenvalue weighted by molar-refractivity contribution is 7.98. The van der Waals surface area contributed by atoms with Crippen LogP contribution < -0.4 is 0 Å². The van der Waals surface area contributed by atoms with E-state index >= 15 is 0 Å². The molecule has 1 fully saturated rings. The summed E-state index contributed by atoms with van der Waals surface area (Å²) in [5.41, 5.74) is 1.82. The number of hydrogen-bond donors (Lipinski definition) is 0. The summed E-state index contributed by atoms with van der Waals surface area (Å²) < 4.78 is 5.38. The fraction of sp³-hybridized carbons (Fsp3) is 0.391. The van der Waals surface area contributed by atoms with Gasteiger partial charge < -0.3 is 9.64 Å². The highest BCUT2D eigenvalue weighted by atomic mass is 35.5. The van der Waals surface area contributed by atoms with Crippen LogP contribution in [-0.2, 0) is 10.5 Å². The molecular formula is C23H26ClN3O2S. The summed E-state index contributed by atoms with van der Waals surface area (Å²) in [4.78, 5) is 18.2. The van der Waals surface area contributed by atoms with Gasteiger partial charge in [0.1, 0.15) is 0 Å². The van der Waals surface area contributed by atoms with E-state index in [9.17, 15) is 4.79 Å². The topological polar surface area (TPSA) is 56.6 Å². The summed E-state index contributed by atoms with van der Waals surface area (Å²) in [5.74, 6) is 0.807. The number of nitrogens with zero attached hydrogens (tertiary/aromatic N) is 3. The van der Waals surface area contributed by atoms with E-state index in [1.807, 2.05) is 48.5 Å². The standard InChI is InChI=1S/C23H26ClN3O2S/c24-21-6-8-22(9-7-21)30-18-19-2-4-20(5-3-19)23(28)27(11-1-10-25)13-12-26-14-16-29-17-15-26/h2-9H,1,11-18H2. The molecule has 0 aliphatic carbocycles. The van der Waals surface area contributed by atoms with E-state index in [2.05, 4.69) is 11.0 Å². The van der Waals surface area contributed by atoms with Gasteiger partial charge in [-0.25, -0.2) is 0 Å². The van der Waals surface area contributed by atoms with Gasteiger partial charge in [-0.3, -0.25) is 9.69 Å². The molecule has 1 heterocycles. The number of carbonyl (C=O) groups is 1. The molecule has 0 bridgehead atoms. The quantitative estimate of drug-likeness (QED) is 0.540. The summed E-state index contributed by atoms with van der Waals surface area (Å²) in [7, 11) is 0. The van der Waals surface area contributed by atoms with Gasteiger partial charge in [-0.1, -0.05) is 23.7 Å². The zero-order valence-corrected chi connectivity index (χ0v) is 18.5. The number of benzene rings is 2. The van der Waals surface area contributed by atoms with Crippen molar-refractivity contribution in [2.45, 2.75) is 17.1 Å². The lowest BCUT2D eigenvalue weighted by Gasteiger charge is -2.30. The molecule has 0 saturated carbocycles. The van der Waals surface area contributed by atoms with E-state index in [4.69, 9.17) is 21.6 Å². The van der Waals surface area contributed by atoms with Crippen molar-refractivity contribution in [2.24, 2.45) is 0 Å². The van der Waals surface area contributed by atoms with Gasteiger partial charge in [0, 0.05) is 54.0 Å². The van der Waals surface area contributed by atoms with Crippen LogP contribution in [0.2, 0.25) is 5.02 Å². The van der Waals surface area contributed by atoms with Gasteiger partial charge in [0.25, 0.3) is 5.91 Å². The number of morpholine rings is 1. The van der Waals surface area contributed by atoms with Gasteiger partial charge in [-0.05, 0) is 42.0 Å². The largest absolute Gasteiger partial charge is 0.379 e. The molecular weight excluding hydrogens is 418 g/mol. The molecule has 1 aliphatic heterocycles. The summed E-state index contributed by atoms with van der Waals surface area (Å²) >= 11 is 7.66. The van der Waals surface area contributed by atoms with Crippen molar-refractivity contribution < 1.29 is 9.53 Å². The van der Waals surface area contributed by atoms with Crippen molar-refractivity contribution >= 4 is 29.3 Å². The third-order valence-corrected chi connectivity index (χ3v) is 6.33. The average molecular weight is 444 g/mol. The van der Waals surface area contributed by atoms with Crippen LogP contribution in [0.3, 0.4) is 0 Å². The minimum absolute atomic E-state index is 0.0181. The van der Waals surface area contributed by atoms with Crippen molar-refractivity contribution in [2.75, 3.05) is 45.9 Å². The molecule has 2 aromatic carbocycles. The summed E-state index contributed by atoms with van der Waals surface area (Å²) in [6.45, 7) is 5.13. The van der Waals surface area contributed by atoms with E-state index in [1.54, 1.807) is 16.7 Å². The molecule has 2 aromatic rings. The van der Waals surface area contributed by atoms with E-state index < -0.39 is 0 Å². The van der Waals surface area contributed by atoms with Crippen molar-refractivity contribution in [3.05, 3.63) is 64.7 Å². The van der Waals surface area contributed by atoms with Gasteiger partial charge in [0.05, 0.1) is 25.7 Å². The zero-order chi connectivity index (χ0) is 21.2. The Morgan fingerprint density at radius 1 is 1.10 bits per heavy atom. The maximum Gasteiger partial charge on any atom is 0.253 e. The fourth-order valence-corrected chi connectivity index (χ4v) is 4.19. The molecule has 30 heavy (non-hydrogen) atoms. The number of nitriles is 1. The first-order valence-electron chi connectivity index (χ1n) is 10.1. The number of rotatable bonds is 9. The maximum atomic E-state index is 13.0.